The van der Waals surface area contributed by atoms with Gasteiger partial charge in [-0.25, -0.2) is 9.78 Å². The van der Waals surface area contributed by atoms with Crippen molar-refractivity contribution in [1.29, 1.82) is 0 Å². The maximum atomic E-state index is 12.4. The summed E-state index contributed by atoms with van der Waals surface area (Å²) in [6.45, 7) is 5.23. The third-order valence-corrected chi connectivity index (χ3v) is 4.86. The molecule has 1 aliphatic heterocycles. The molecule has 10 heteroatoms. The van der Waals surface area contributed by atoms with E-state index in [4.69, 9.17) is 4.74 Å². The molecule has 2 heterocycles. The van der Waals surface area contributed by atoms with Crippen LogP contribution < -0.4 is 10.1 Å². The maximum absolute atomic E-state index is 12.4. The summed E-state index contributed by atoms with van der Waals surface area (Å²) in [6.07, 6.45) is -2.81. The van der Waals surface area contributed by atoms with Crippen LogP contribution in [0.3, 0.4) is 0 Å². The Labute approximate surface area is 189 Å². The van der Waals surface area contributed by atoms with Crippen LogP contribution in [0.1, 0.15) is 49.0 Å². The number of benzene rings is 1. The summed E-state index contributed by atoms with van der Waals surface area (Å²) in [5, 5.41) is 2.72. The molecule has 0 unspecified atom stereocenters. The largest absolute Gasteiger partial charge is 0.468 e. The van der Waals surface area contributed by atoms with Crippen molar-refractivity contribution in [3.8, 4) is 5.88 Å². The Bertz CT molecular complexity index is 970. The number of hydrogen-bond donors (Lipinski definition) is 1. The number of likely N-dealkylation sites (tertiary alicyclic amines) is 1. The minimum Gasteiger partial charge on any atom is -0.468 e. The number of amides is 2. The average Bonchev–Trinajstić information content (AvgIpc) is 3.22. The number of ether oxygens (including phenoxy) is 2. The smallest absolute Gasteiger partial charge is 0.422 e. The molecular formula is C23H26F3N3O4. The van der Waals surface area contributed by atoms with Crippen LogP contribution in [0.15, 0.2) is 42.6 Å². The van der Waals surface area contributed by atoms with Gasteiger partial charge in [0.1, 0.15) is 5.60 Å². The standard InChI is InChI=1S/C23H26F3N3O4/c1-22(2,3)33-21(31)29-11-10-17(13-29)15-4-7-18(8-5-15)28-20(30)16-6-9-19(27-12-16)32-14-23(24,25)26/h4-9,12,17H,10-11,13-14H2,1-3H3,(H,28,30)/t17-/m0/s1. The van der Waals surface area contributed by atoms with E-state index in [0.29, 0.717) is 18.8 Å². The van der Waals surface area contributed by atoms with Crippen LogP contribution in [0.2, 0.25) is 0 Å². The number of carbonyl (C=O) groups excluding carboxylic acids is 2. The van der Waals surface area contributed by atoms with Crippen molar-refractivity contribution in [3.63, 3.8) is 0 Å². The third kappa shape index (κ3) is 7.37. The van der Waals surface area contributed by atoms with Gasteiger partial charge >= 0.3 is 12.3 Å². The number of nitrogens with zero attached hydrogens (tertiary/aromatic N) is 2. The molecule has 0 aliphatic carbocycles. The minimum atomic E-state index is -4.46. The van der Waals surface area contributed by atoms with Crippen molar-refractivity contribution in [2.75, 3.05) is 25.0 Å². The van der Waals surface area contributed by atoms with E-state index in [1.165, 1.54) is 12.1 Å². The molecule has 1 aromatic heterocycles. The SMILES string of the molecule is CC(C)(C)OC(=O)N1CC[C@H](c2ccc(NC(=O)c3ccc(OCC(F)(F)F)nc3)cc2)C1. The van der Waals surface area contributed by atoms with E-state index in [9.17, 15) is 22.8 Å². The molecule has 33 heavy (non-hydrogen) atoms. The van der Waals surface area contributed by atoms with Crippen LogP contribution in [0.25, 0.3) is 0 Å². The molecule has 0 bridgehead atoms. The van der Waals surface area contributed by atoms with Gasteiger partial charge in [0.25, 0.3) is 5.91 Å². The Morgan fingerprint density at radius 2 is 1.82 bits per heavy atom. The molecule has 1 aromatic carbocycles. The number of halogens is 3. The fourth-order valence-electron chi connectivity index (χ4n) is 3.32. The Kier molecular flexibility index (Phi) is 7.14. The molecule has 1 saturated heterocycles. The molecule has 0 saturated carbocycles. The van der Waals surface area contributed by atoms with E-state index in [2.05, 4.69) is 15.0 Å². The zero-order valence-corrected chi connectivity index (χ0v) is 18.6. The molecule has 178 valence electrons. The highest BCUT2D eigenvalue weighted by atomic mass is 19.4. The lowest BCUT2D eigenvalue weighted by Gasteiger charge is -2.24. The molecular weight excluding hydrogens is 439 g/mol. The molecule has 3 rings (SSSR count). The number of nitrogens with one attached hydrogen (secondary N) is 1. The Morgan fingerprint density at radius 1 is 1.12 bits per heavy atom. The van der Waals surface area contributed by atoms with Crippen LogP contribution in [-0.2, 0) is 4.74 Å². The van der Waals surface area contributed by atoms with E-state index in [-0.39, 0.29) is 23.5 Å². The van der Waals surface area contributed by atoms with Crippen LogP contribution >= 0.6 is 0 Å². The third-order valence-electron chi connectivity index (χ3n) is 4.86. The van der Waals surface area contributed by atoms with Gasteiger partial charge in [-0.1, -0.05) is 12.1 Å². The number of carbonyl (C=O) groups is 2. The summed E-state index contributed by atoms with van der Waals surface area (Å²) in [5.74, 6) is -0.490. The van der Waals surface area contributed by atoms with E-state index >= 15 is 0 Å². The van der Waals surface area contributed by atoms with Crippen molar-refractivity contribution < 1.29 is 32.2 Å². The molecule has 0 radical (unpaired) electrons. The van der Waals surface area contributed by atoms with Crippen molar-refractivity contribution in [2.24, 2.45) is 0 Å². The number of pyridine rings is 1. The quantitative estimate of drug-likeness (QED) is 0.672. The van der Waals surface area contributed by atoms with Gasteiger partial charge in [-0.05, 0) is 51.0 Å². The molecule has 7 nitrogen and oxygen atoms in total. The van der Waals surface area contributed by atoms with Gasteiger partial charge in [-0.3, -0.25) is 4.79 Å². The van der Waals surface area contributed by atoms with Crippen LogP contribution in [0.4, 0.5) is 23.7 Å². The van der Waals surface area contributed by atoms with Crippen LogP contribution in [-0.4, -0.2) is 53.4 Å². The van der Waals surface area contributed by atoms with Crippen molar-refractivity contribution in [1.82, 2.24) is 9.88 Å². The fraction of sp³-hybridized carbons (Fsp3) is 0.435. The van der Waals surface area contributed by atoms with Gasteiger partial charge < -0.3 is 19.7 Å². The summed E-state index contributed by atoms with van der Waals surface area (Å²) >= 11 is 0. The van der Waals surface area contributed by atoms with Crippen LogP contribution in [0.5, 0.6) is 5.88 Å². The second kappa shape index (κ2) is 9.68. The second-order valence-corrected chi connectivity index (χ2v) is 8.78. The summed E-state index contributed by atoms with van der Waals surface area (Å²) in [4.78, 5) is 30.1. The Hall–Kier alpha value is -3.30. The summed E-state index contributed by atoms with van der Waals surface area (Å²) in [5.41, 5.74) is 1.25. The highest BCUT2D eigenvalue weighted by molar-refractivity contribution is 6.04. The minimum absolute atomic E-state index is 0.177. The van der Waals surface area contributed by atoms with E-state index in [1.54, 1.807) is 17.0 Å². The number of aromatic nitrogens is 1. The summed E-state index contributed by atoms with van der Waals surface area (Å²) in [7, 11) is 0. The lowest BCUT2D eigenvalue weighted by atomic mass is 9.98. The highest BCUT2D eigenvalue weighted by Crippen LogP contribution is 2.29. The zero-order valence-electron chi connectivity index (χ0n) is 18.6. The first kappa shape index (κ1) is 24.3. The number of anilines is 1. The lowest BCUT2D eigenvalue weighted by molar-refractivity contribution is -0.154. The second-order valence-electron chi connectivity index (χ2n) is 8.78. The number of hydrogen-bond acceptors (Lipinski definition) is 5. The fourth-order valence-corrected chi connectivity index (χ4v) is 3.32. The molecule has 1 aliphatic rings. The van der Waals surface area contributed by atoms with Gasteiger partial charge in [-0.2, -0.15) is 13.2 Å². The number of rotatable bonds is 5. The molecule has 2 aromatic rings. The van der Waals surface area contributed by atoms with Gasteiger partial charge in [-0.15, -0.1) is 0 Å². The first-order chi connectivity index (χ1) is 15.4. The van der Waals surface area contributed by atoms with E-state index in [1.807, 2.05) is 32.9 Å². The molecule has 1 fully saturated rings. The van der Waals surface area contributed by atoms with E-state index in [0.717, 1.165) is 18.2 Å². The topological polar surface area (TPSA) is 80.8 Å². The lowest BCUT2D eigenvalue weighted by Crippen LogP contribution is -2.35. The normalized spacial score (nSPS) is 16.4. The molecule has 1 atom stereocenters. The van der Waals surface area contributed by atoms with Gasteiger partial charge in [0.05, 0.1) is 5.56 Å². The average molecular weight is 465 g/mol. The maximum Gasteiger partial charge on any atom is 0.422 e. The van der Waals surface area contributed by atoms with Crippen molar-refractivity contribution in [3.05, 3.63) is 53.7 Å². The highest BCUT2D eigenvalue weighted by Gasteiger charge is 2.30. The van der Waals surface area contributed by atoms with Crippen molar-refractivity contribution >= 4 is 17.7 Å². The van der Waals surface area contributed by atoms with Gasteiger partial charge in [0.2, 0.25) is 5.88 Å². The monoisotopic (exact) mass is 465 g/mol. The predicted octanol–water partition coefficient (Wildman–Crippen LogP) is 5.00. The van der Waals surface area contributed by atoms with E-state index < -0.39 is 24.3 Å². The van der Waals surface area contributed by atoms with Gasteiger partial charge in [0.15, 0.2) is 6.61 Å². The van der Waals surface area contributed by atoms with Gasteiger partial charge in [0, 0.05) is 37.0 Å². The summed E-state index contributed by atoms with van der Waals surface area (Å²) < 4.78 is 46.5. The Morgan fingerprint density at radius 3 is 2.39 bits per heavy atom. The molecule has 1 N–H and O–H groups in total. The first-order valence-electron chi connectivity index (χ1n) is 10.4. The zero-order chi connectivity index (χ0) is 24.2. The molecule has 2 amide bonds. The van der Waals surface area contributed by atoms with Crippen molar-refractivity contribution in [2.45, 2.75) is 44.9 Å². The number of alkyl halides is 3. The Balaban J connectivity index is 1.53. The molecule has 0 spiro atoms. The first-order valence-corrected chi connectivity index (χ1v) is 10.4. The van der Waals surface area contributed by atoms with Crippen LogP contribution in [0, 0.1) is 0 Å². The summed E-state index contributed by atoms with van der Waals surface area (Å²) in [6, 6.07) is 9.86. The predicted molar refractivity (Wildman–Crippen MR) is 115 cm³/mol.